The van der Waals surface area contributed by atoms with Gasteiger partial charge in [0.15, 0.2) is 0 Å². The third kappa shape index (κ3) is 2.18. The van der Waals surface area contributed by atoms with Crippen LogP contribution < -0.4 is 0 Å². The highest BCUT2D eigenvalue weighted by atomic mass is 14.2. The van der Waals surface area contributed by atoms with E-state index in [0.717, 1.165) is 0 Å². The zero-order valence-electron chi connectivity index (χ0n) is 15.4. The molecule has 0 saturated heterocycles. The van der Waals surface area contributed by atoms with Gasteiger partial charge in [0.1, 0.15) is 0 Å². The van der Waals surface area contributed by atoms with Crippen LogP contribution in [0.4, 0.5) is 0 Å². The molecule has 0 unspecified atom stereocenters. The zero-order valence-corrected chi connectivity index (χ0v) is 15.4. The van der Waals surface area contributed by atoms with E-state index < -0.39 is 0 Å². The first-order chi connectivity index (χ1) is 13.9. The van der Waals surface area contributed by atoms with E-state index in [4.69, 9.17) is 0 Å². The molecule has 0 aromatic heterocycles. The lowest BCUT2D eigenvalue weighted by Crippen LogP contribution is -1.89. The van der Waals surface area contributed by atoms with Crippen LogP contribution >= 0.6 is 0 Å². The van der Waals surface area contributed by atoms with Gasteiger partial charge >= 0.3 is 0 Å². The van der Waals surface area contributed by atoms with Crippen molar-refractivity contribution < 1.29 is 0 Å². The van der Waals surface area contributed by atoms with Gasteiger partial charge in [-0.3, -0.25) is 0 Å². The molecule has 130 valence electrons. The summed E-state index contributed by atoms with van der Waals surface area (Å²) >= 11 is 0. The Morgan fingerprint density at radius 1 is 0.393 bits per heavy atom. The summed E-state index contributed by atoms with van der Waals surface area (Å²) in [5.74, 6) is 0. The summed E-state index contributed by atoms with van der Waals surface area (Å²) in [5.41, 5.74) is 2.52. The van der Waals surface area contributed by atoms with Crippen molar-refractivity contribution in [3.8, 4) is 0 Å². The molecule has 0 atom stereocenters. The van der Waals surface area contributed by atoms with Crippen LogP contribution in [-0.2, 0) is 0 Å². The van der Waals surface area contributed by atoms with E-state index in [9.17, 15) is 0 Å². The number of fused-ring (bicyclic) bond motifs is 2. The summed E-state index contributed by atoms with van der Waals surface area (Å²) in [7, 11) is 0. The van der Waals surface area contributed by atoms with Gasteiger partial charge in [-0.1, -0.05) is 109 Å². The third-order valence-electron chi connectivity index (χ3n) is 5.82. The van der Waals surface area contributed by atoms with Gasteiger partial charge in [0.2, 0.25) is 0 Å². The number of rotatable bonds is 2. The molecular weight excluding hydrogens is 336 g/mol. The summed E-state index contributed by atoms with van der Waals surface area (Å²) in [6.07, 6.45) is 4.50. The predicted molar refractivity (Wildman–Crippen MR) is 123 cm³/mol. The molecule has 0 amide bonds. The lowest BCUT2D eigenvalue weighted by molar-refractivity contribution is 1.67. The number of hydrogen-bond donors (Lipinski definition) is 0. The summed E-state index contributed by atoms with van der Waals surface area (Å²) in [4.78, 5) is 0. The molecule has 0 fully saturated rings. The molecule has 0 heterocycles. The average Bonchev–Trinajstić information content (AvgIpc) is 2.77. The average molecular weight is 354 g/mol. The van der Waals surface area contributed by atoms with Crippen LogP contribution in [0.2, 0.25) is 0 Å². The van der Waals surface area contributed by atoms with Crippen LogP contribution in [0.3, 0.4) is 0 Å². The fourth-order valence-corrected chi connectivity index (χ4v) is 4.55. The first kappa shape index (κ1) is 15.4. The smallest absolute Gasteiger partial charge is 0.00143 e. The van der Waals surface area contributed by atoms with Crippen LogP contribution in [0.25, 0.3) is 55.2 Å². The van der Waals surface area contributed by atoms with Gasteiger partial charge < -0.3 is 0 Å². The Kier molecular flexibility index (Phi) is 3.27. The highest BCUT2D eigenvalue weighted by molar-refractivity contribution is 6.31. The lowest BCUT2D eigenvalue weighted by atomic mass is 9.87. The Balaban J connectivity index is 1.80. The molecule has 0 radical (unpaired) electrons. The Hall–Kier alpha value is -3.64. The summed E-state index contributed by atoms with van der Waals surface area (Å²) < 4.78 is 0. The minimum absolute atomic E-state index is 1.22. The maximum absolute atomic E-state index is 2.29. The quantitative estimate of drug-likeness (QED) is 0.168. The summed E-state index contributed by atoms with van der Waals surface area (Å²) in [6.45, 7) is 0. The zero-order chi connectivity index (χ0) is 18.5. The maximum Gasteiger partial charge on any atom is -0.00143 e. The van der Waals surface area contributed by atoms with Crippen molar-refractivity contribution in [3.63, 3.8) is 0 Å². The normalized spacial score (nSPS) is 12.1. The molecule has 28 heavy (non-hydrogen) atoms. The summed E-state index contributed by atoms with van der Waals surface area (Å²) in [6, 6.07) is 35.0. The van der Waals surface area contributed by atoms with Gasteiger partial charge in [-0.2, -0.15) is 0 Å². The van der Waals surface area contributed by atoms with Gasteiger partial charge in [0.25, 0.3) is 0 Å². The third-order valence-corrected chi connectivity index (χ3v) is 5.82. The van der Waals surface area contributed by atoms with E-state index in [2.05, 4.69) is 109 Å². The SMILES string of the molecule is C(=C\c1c2ccccc2c2ccc3cccc4ccc1c2c43)/c1ccccc1. The first-order valence-corrected chi connectivity index (χ1v) is 9.71. The molecule has 6 aromatic rings. The Labute approximate surface area is 163 Å². The van der Waals surface area contributed by atoms with Crippen LogP contribution in [0.15, 0.2) is 97.1 Å². The lowest BCUT2D eigenvalue weighted by Gasteiger charge is -2.16. The maximum atomic E-state index is 2.29. The molecule has 0 aliphatic heterocycles. The van der Waals surface area contributed by atoms with Crippen molar-refractivity contribution in [3.05, 3.63) is 108 Å². The topological polar surface area (TPSA) is 0 Å². The molecule has 0 heteroatoms. The Bertz CT molecular complexity index is 1470. The monoisotopic (exact) mass is 354 g/mol. The predicted octanol–water partition coefficient (Wildman–Crippen LogP) is 7.91. The van der Waals surface area contributed by atoms with Crippen LogP contribution in [0.1, 0.15) is 11.1 Å². The van der Waals surface area contributed by atoms with Crippen molar-refractivity contribution in [2.45, 2.75) is 0 Å². The largest absolute Gasteiger partial charge is 0.0622 e. The Morgan fingerprint density at radius 3 is 1.86 bits per heavy atom. The fourth-order valence-electron chi connectivity index (χ4n) is 4.55. The molecular formula is C28H18. The number of hydrogen-bond acceptors (Lipinski definition) is 0. The highest BCUT2D eigenvalue weighted by Crippen LogP contribution is 2.41. The van der Waals surface area contributed by atoms with E-state index in [-0.39, 0.29) is 0 Å². The van der Waals surface area contributed by atoms with Crippen LogP contribution in [0, 0.1) is 0 Å². The van der Waals surface area contributed by atoms with Crippen molar-refractivity contribution in [1.29, 1.82) is 0 Å². The second-order valence-corrected chi connectivity index (χ2v) is 7.38. The van der Waals surface area contributed by atoms with Gasteiger partial charge in [-0.05, 0) is 54.2 Å². The molecule has 0 N–H and O–H groups in total. The minimum Gasteiger partial charge on any atom is -0.0622 e. The first-order valence-electron chi connectivity index (χ1n) is 9.71. The van der Waals surface area contributed by atoms with Gasteiger partial charge in [-0.15, -0.1) is 0 Å². The van der Waals surface area contributed by atoms with Crippen molar-refractivity contribution in [1.82, 2.24) is 0 Å². The molecule has 0 saturated carbocycles. The van der Waals surface area contributed by atoms with E-state index in [1.54, 1.807) is 0 Å². The van der Waals surface area contributed by atoms with E-state index >= 15 is 0 Å². The Morgan fingerprint density at radius 2 is 1.07 bits per heavy atom. The summed E-state index contributed by atoms with van der Waals surface area (Å²) in [5, 5.41) is 10.7. The van der Waals surface area contributed by atoms with E-state index in [0.29, 0.717) is 0 Å². The second-order valence-electron chi connectivity index (χ2n) is 7.38. The van der Waals surface area contributed by atoms with E-state index in [1.807, 2.05) is 0 Å². The molecule has 0 nitrogen and oxygen atoms in total. The van der Waals surface area contributed by atoms with Gasteiger partial charge in [-0.25, -0.2) is 0 Å². The molecule has 6 aromatic carbocycles. The molecule has 0 bridgehead atoms. The molecule has 0 aliphatic rings. The standard InChI is InChI=1S/C28H18/c1-2-7-19(8-3-1)13-16-24-22-11-4-5-12-23(22)25-17-14-20-9-6-10-21-15-18-26(24)28(25)27(20)21/h1-18H/b16-13+. The van der Waals surface area contributed by atoms with Crippen LogP contribution in [0.5, 0.6) is 0 Å². The van der Waals surface area contributed by atoms with E-state index in [1.165, 1.54) is 54.2 Å². The second kappa shape index (κ2) is 5.94. The minimum atomic E-state index is 1.22. The number of benzene rings is 6. The molecule has 0 spiro atoms. The van der Waals surface area contributed by atoms with Crippen molar-refractivity contribution in [2.24, 2.45) is 0 Å². The van der Waals surface area contributed by atoms with Crippen LogP contribution in [-0.4, -0.2) is 0 Å². The fraction of sp³-hybridized carbons (Fsp3) is 0. The highest BCUT2D eigenvalue weighted by Gasteiger charge is 2.14. The van der Waals surface area contributed by atoms with Gasteiger partial charge in [0.05, 0.1) is 0 Å². The molecule has 0 aliphatic carbocycles. The molecule has 6 rings (SSSR count). The van der Waals surface area contributed by atoms with Gasteiger partial charge in [0, 0.05) is 0 Å². The van der Waals surface area contributed by atoms with Crippen molar-refractivity contribution >= 4 is 55.2 Å². The van der Waals surface area contributed by atoms with Crippen molar-refractivity contribution in [2.75, 3.05) is 0 Å².